The summed E-state index contributed by atoms with van der Waals surface area (Å²) in [5, 5.41) is 3.40. The van der Waals surface area contributed by atoms with Crippen LogP contribution in [0.2, 0.25) is 0 Å². The van der Waals surface area contributed by atoms with Gasteiger partial charge in [-0.2, -0.15) is 0 Å². The third-order valence-electron chi connectivity index (χ3n) is 8.19. The second-order valence-electron chi connectivity index (χ2n) is 12.4. The molecule has 8 aromatic rings. The number of nitrogens with zero attached hydrogens (tertiary/aromatic N) is 3. The van der Waals surface area contributed by atoms with Crippen molar-refractivity contribution in [2.45, 2.75) is 25.9 Å². The second kappa shape index (κ2) is 21.5. The van der Waals surface area contributed by atoms with Gasteiger partial charge in [0.2, 0.25) is 0 Å². The summed E-state index contributed by atoms with van der Waals surface area (Å²) < 4.78 is 12.2. The van der Waals surface area contributed by atoms with Crippen molar-refractivity contribution in [1.82, 2.24) is 35.2 Å². The Morgan fingerprint density at radius 3 is 1.64 bits per heavy atom. The number of nitrogens with one attached hydrogen (secondary N) is 4. The highest BCUT2D eigenvalue weighted by Crippen LogP contribution is 2.23. The summed E-state index contributed by atoms with van der Waals surface area (Å²) >= 11 is 10.6. The summed E-state index contributed by atoms with van der Waals surface area (Å²) in [5.74, 6) is 5.01. The van der Waals surface area contributed by atoms with E-state index in [1.807, 2.05) is 128 Å². The van der Waals surface area contributed by atoms with E-state index in [9.17, 15) is 0 Å². The molecule has 0 aliphatic heterocycles. The number of aryl methyl sites for hydroxylation is 1. The van der Waals surface area contributed by atoms with Gasteiger partial charge in [0.1, 0.15) is 28.8 Å². The topological polar surface area (TPSA) is 117 Å². The predicted octanol–water partition coefficient (Wildman–Crippen LogP) is 11.3. The van der Waals surface area contributed by atoms with Gasteiger partial charge < -0.3 is 29.7 Å². The first kappa shape index (κ1) is 39.4. The molecule has 0 saturated heterocycles. The first-order chi connectivity index (χ1) is 27.6. The first-order valence-corrected chi connectivity index (χ1v) is 19.1. The van der Waals surface area contributed by atoms with Crippen LogP contribution < -0.4 is 14.8 Å². The fraction of sp³-hybridized carbons (Fsp3) is 0.111. The number of H-pyrrole nitrogens is 3. The standard InChI is InChI=1S/C22H20N4O.C15H15ClO.C8H7N3S/c1-2-6-19(7-3-1)27-20-10-8-17(9-11-20)13-24-16-22-25-15-21(26-22)18-5-4-12-23-14-18;16-12-4-5-13-8-10-15(11-9-13)17-14-6-2-1-3-7-14;12-8-10-5-7(11-8)6-2-1-3-9-4-6/h1-12,14-15,24H,13,16H2,(H,25,26);1-3,6-11H,4-5,12H2;1-5H,(H2,10,11,12). The average Bonchev–Trinajstić information content (AvgIpc) is 3.93. The summed E-state index contributed by atoms with van der Waals surface area (Å²) in [6.07, 6.45) is 12.8. The molecule has 4 aromatic heterocycles. The zero-order valence-electron chi connectivity index (χ0n) is 30.6. The van der Waals surface area contributed by atoms with E-state index >= 15 is 0 Å². The van der Waals surface area contributed by atoms with Crippen LogP contribution in [-0.4, -0.2) is 35.8 Å². The molecule has 282 valence electrons. The van der Waals surface area contributed by atoms with E-state index in [0.717, 1.165) is 70.7 Å². The number of halogens is 1. The summed E-state index contributed by atoms with van der Waals surface area (Å²) in [6, 6.07) is 43.6. The number of alkyl halides is 1. The second-order valence-corrected chi connectivity index (χ2v) is 13.2. The number of rotatable bonds is 13. The molecule has 0 bridgehead atoms. The van der Waals surface area contributed by atoms with Crippen LogP contribution in [0.25, 0.3) is 22.5 Å². The molecular weight excluding hydrogens is 738 g/mol. The van der Waals surface area contributed by atoms with Gasteiger partial charge in [0.05, 0.1) is 24.1 Å². The summed E-state index contributed by atoms with van der Waals surface area (Å²) in [4.78, 5) is 21.8. The fourth-order valence-electron chi connectivity index (χ4n) is 5.38. The lowest BCUT2D eigenvalue weighted by Crippen LogP contribution is -2.13. The van der Waals surface area contributed by atoms with Gasteiger partial charge in [0, 0.05) is 54.5 Å². The Morgan fingerprint density at radius 2 is 1.12 bits per heavy atom. The van der Waals surface area contributed by atoms with Crippen molar-refractivity contribution in [1.29, 1.82) is 0 Å². The molecule has 4 aromatic carbocycles. The van der Waals surface area contributed by atoms with Crippen LogP contribution >= 0.6 is 23.8 Å². The highest BCUT2D eigenvalue weighted by molar-refractivity contribution is 7.71. The van der Waals surface area contributed by atoms with Crippen molar-refractivity contribution < 1.29 is 9.47 Å². The van der Waals surface area contributed by atoms with E-state index in [4.69, 9.17) is 33.3 Å². The van der Waals surface area contributed by atoms with E-state index in [1.165, 1.54) is 11.1 Å². The third-order valence-corrected chi connectivity index (χ3v) is 8.68. The number of aromatic amines is 3. The zero-order valence-corrected chi connectivity index (χ0v) is 32.2. The average molecular weight is 780 g/mol. The van der Waals surface area contributed by atoms with Crippen LogP contribution in [0, 0.1) is 4.77 Å². The number of hydrogen-bond acceptors (Lipinski definition) is 7. The highest BCUT2D eigenvalue weighted by atomic mass is 35.5. The van der Waals surface area contributed by atoms with Crippen LogP contribution in [-0.2, 0) is 19.5 Å². The molecule has 0 unspecified atom stereocenters. The van der Waals surface area contributed by atoms with Gasteiger partial charge in [-0.1, -0.05) is 60.7 Å². The van der Waals surface area contributed by atoms with Crippen molar-refractivity contribution in [3.8, 4) is 45.5 Å². The summed E-state index contributed by atoms with van der Waals surface area (Å²) in [7, 11) is 0. The molecule has 56 heavy (non-hydrogen) atoms. The Hall–Kier alpha value is -6.33. The third kappa shape index (κ3) is 12.9. The predicted molar refractivity (Wildman–Crippen MR) is 227 cm³/mol. The minimum absolute atomic E-state index is 0.633. The molecule has 0 fully saturated rings. The number of imidazole rings is 2. The number of benzene rings is 4. The number of aromatic nitrogens is 6. The number of pyridine rings is 2. The molecule has 11 heteroatoms. The molecule has 4 N–H and O–H groups in total. The highest BCUT2D eigenvalue weighted by Gasteiger charge is 2.04. The van der Waals surface area contributed by atoms with Crippen molar-refractivity contribution in [2.75, 3.05) is 5.88 Å². The molecule has 0 radical (unpaired) electrons. The van der Waals surface area contributed by atoms with Gasteiger partial charge in [0.25, 0.3) is 0 Å². The van der Waals surface area contributed by atoms with Crippen LogP contribution in [0.5, 0.6) is 23.0 Å². The molecule has 9 nitrogen and oxygen atoms in total. The SMILES string of the molecule is ClCCCc1ccc(Oc2ccccc2)cc1.S=c1[nH]cc(-c2cccnc2)[nH]1.c1ccc(Oc2ccc(CNCc3ncc(-c4cccnc4)[nH]3)cc2)cc1. The first-order valence-electron chi connectivity index (χ1n) is 18.1. The number of hydrogen-bond donors (Lipinski definition) is 4. The summed E-state index contributed by atoms with van der Waals surface area (Å²) in [5.41, 5.74) is 6.49. The van der Waals surface area contributed by atoms with Gasteiger partial charge in [0.15, 0.2) is 4.77 Å². The molecular formula is C45H42ClN7O2S. The van der Waals surface area contributed by atoms with Gasteiger partial charge in [-0.3, -0.25) is 9.97 Å². The zero-order chi connectivity index (χ0) is 38.6. The van der Waals surface area contributed by atoms with Crippen LogP contribution in [0.1, 0.15) is 23.4 Å². The molecule has 4 heterocycles. The van der Waals surface area contributed by atoms with Crippen molar-refractivity contribution in [2.24, 2.45) is 0 Å². The number of ether oxygens (including phenoxy) is 2. The molecule has 0 aliphatic rings. The van der Waals surface area contributed by atoms with E-state index in [0.29, 0.717) is 17.2 Å². The molecule has 0 amide bonds. The van der Waals surface area contributed by atoms with Crippen molar-refractivity contribution in [3.05, 3.63) is 192 Å². The van der Waals surface area contributed by atoms with E-state index in [-0.39, 0.29) is 0 Å². The smallest absolute Gasteiger partial charge is 0.174 e. The van der Waals surface area contributed by atoms with Crippen molar-refractivity contribution >= 4 is 23.8 Å². The maximum atomic E-state index is 5.81. The lowest BCUT2D eigenvalue weighted by atomic mass is 10.1. The van der Waals surface area contributed by atoms with Crippen LogP contribution in [0.4, 0.5) is 0 Å². The normalized spacial score (nSPS) is 10.4. The Morgan fingerprint density at radius 1 is 0.571 bits per heavy atom. The largest absolute Gasteiger partial charge is 0.457 e. The number of para-hydroxylation sites is 2. The van der Waals surface area contributed by atoms with E-state index in [2.05, 4.69) is 59.5 Å². The van der Waals surface area contributed by atoms with Gasteiger partial charge >= 0.3 is 0 Å². The van der Waals surface area contributed by atoms with Crippen LogP contribution in [0.15, 0.2) is 171 Å². The molecule has 0 aliphatic carbocycles. The monoisotopic (exact) mass is 779 g/mol. The van der Waals surface area contributed by atoms with E-state index in [1.54, 1.807) is 18.6 Å². The van der Waals surface area contributed by atoms with Crippen molar-refractivity contribution in [3.63, 3.8) is 0 Å². The quantitative estimate of drug-likeness (QED) is 0.0680. The molecule has 0 atom stereocenters. The molecule has 0 saturated carbocycles. The Kier molecular flexibility index (Phi) is 15.1. The van der Waals surface area contributed by atoms with Crippen LogP contribution in [0.3, 0.4) is 0 Å². The van der Waals surface area contributed by atoms with Gasteiger partial charge in [-0.25, -0.2) is 4.98 Å². The minimum atomic E-state index is 0.633. The summed E-state index contributed by atoms with van der Waals surface area (Å²) in [6.45, 7) is 1.43. The maximum absolute atomic E-state index is 5.81. The Labute approximate surface area is 336 Å². The van der Waals surface area contributed by atoms with E-state index < -0.39 is 0 Å². The Balaban J connectivity index is 0.000000156. The molecule has 8 rings (SSSR count). The Bertz CT molecular complexity index is 2340. The maximum Gasteiger partial charge on any atom is 0.174 e. The van der Waals surface area contributed by atoms with Gasteiger partial charge in [-0.05, 0) is 109 Å². The fourth-order valence-corrected chi connectivity index (χ4v) is 5.68. The minimum Gasteiger partial charge on any atom is -0.457 e. The van der Waals surface area contributed by atoms with Gasteiger partial charge in [-0.15, -0.1) is 11.6 Å². The molecule has 0 spiro atoms. The lowest BCUT2D eigenvalue weighted by Gasteiger charge is -2.07. The lowest BCUT2D eigenvalue weighted by molar-refractivity contribution is 0.482.